The molecule has 0 fully saturated rings. The van der Waals surface area contributed by atoms with Crippen LogP contribution in [0.4, 0.5) is 0 Å². The number of quaternary nitrogens is 1. The van der Waals surface area contributed by atoms with E-state index in [-0.39, 0.29) is 17.9 Å². The first kappa shape index (κ1) is 25.1. The van der Waals surface area contributed by atoms with Crippen LogP contribution in [0.25, 0.3) is 0 Å². The average molecular weight is 409 g/mol. The second-order valence-corrected chi connectivity index (χ2v) is 8.47. The number of unbranched alkanes of at least 4 members (excludes halogenated alkanes) is 9. The van der Waals surface area contributed by atoms with E-state index in [1.165, 1.54) is 69.8 Å². The number of nitrogens with zero attached hydrogens (tertiary/aromatic N) is 1. The number of hydrogen-bond donors (Lipinski definition) is 0. The highest BCUT2D eigenvalue weighted by molar-refractivity contribution is 6.21. The molecule has 1 nitrogen and oxygen atoms in total. The van der Waals surface area contributed by atoms with Gasteiger partial charge in [-0.2, -0.15) is 0 Å². The van der Waals surface area contributed by atoms with Gasteiger partial charge in [0.2, 0.25) is 0 Å². The average Bonchev–Trinajstić information content (AvgIpc) is 2.57. The van der Waals surface area contributed by atoms with Gasteiger partial charge in [-0.15, -0.1) is 0 Å². The second kappa shape index (κ2) is 15.1. The molecule has 1 rings (SSSR count). The van der Waals surface area contributed by atoms with Crippen molar-refractivity contribution in [3.05, 3.63) is 35.9 Å². The van der Waals surface area contributed by atoms with Crippen LogP contribution >= 0.6 is 23.4 Å². The first-order chi connectivity index (χ1) is 11.6. The van der Waals surface area contributed by atoms with Gasteiger partial charge >= 0.3 is 0 Å². The molecule has 1 aromatic rings. The van der Waals surface area contributed by atoms with Crippen LogP contribution in [0.15, 0.2) is 30.3 Å². The van der Waals surface area contributed by atoms with E-state index < -0.39 is 0 Å². The third kappa shape index (κ3) is 12.1. The molecule has 0 saturated heterocycles. The highest BCUT2D eigenvalue weighted by atomic mass is 35.5. The molecule has 4 heteroatoms. The summed E-state index contributed by atoms with van der Waals surface area (Å²) in [6.45, 7) is 3.04. The van der Waals surface area contributed by atoms with Gasteiger partial charge in [-0.05, 0) is 6.42 Å². The molecular formula is C21H36Cl3N. The highest BCUT2D eigenvalue weighted by Crippen LogP contribution is 2.27. The van der Waals surface area contributed by atoms with E-state index in [1.807, 2.05) is 13.1 Å². The molecule has 0 saturated carbocycles. The van der Waals surface area contributed by atoms with Crippen LogP contribution in [0.2, 0.25) is 0 Å². The number of benzene rings is 1. The summed E-state index contributed by atoms with van der Waals surface area (Å²) in [7, 11) is 2.02. The van der Waals surface area contributed by atoms with E-state index in [0.717, 1.165) is 13.0 Å². The van der Waals surface area contributed by atoms with Crippen molar-refractivity contribution in [1.82, 2.24) is 0 Å². The van der Waals surface area contributed by atoms with E-state index in [2.05, 4.69) is 31.2 Å². The highest BCUT2D eigenvalue weighted by Gasteiger charge is 2.29. The van der Waals surface area contributed by atoms with Gasteiger partial charge in [0, 0.05) is 12.0 Å². The minimum Gasteiger partial charge on any atom is -1.00 e. The Morgan fingerprint density at radius 1 is 0.840 bits per heavy atom. The van der Waals surface area contributed by atoms with Crippen molar-refractivity contribution in [3.63, 3.8) is 0 Å². The molecule has 0 amide bonds. The summed E-state index contributed by atoms with van der Waals surface area (Å²) >= 11 is 13.2. The molecule has 0 spiro atoms. The van der Waals surface area contributed by atoms with Crippen LogP contribution in [0.1, 0.15) is 83.1 Å². The van der Waals surface area contributed by atoms with Gasteiger partial charge in [0.1, 0.15) is 6.54 Å². The van der Waals surface area contributed by atoms with E-state index in [1.54, 1.807) is 0 Å². The molecule has 0 aromatic heterocycles. The summed E-state index contributed by atoms with van der Waals surface area (Å²) < 4.78 is 0.336. The fourth-order valence-corrected chi connectivity index (χ4v) is 3.57. The summed E-state index contributed by atoms with van der Waals surface area (Å²) in [4.78, 5) is 0. The van der Waals surface area contributed by atoms with Crippen molar-refractivity contribution in [3.8, 4) is 0 Å². The molecule has 146 valence electrons. The molecular weight excluding hydrogens is 373 g/mol. The topological polar surface area (TPSA) is 0 Å². The zero-order valence-corrected chi connectivity index (χ0v) is 18.3. The van der Waals surface area contributed by atoms with Gasteiger partial charge in [0.05, 0.1) is 7.05 Å². The van der Waals surface area contributed by atoms with Gasteiger partial charge < -0.3 is 12.4 Å². The number of alkyl halides is 1. The smallest absolute Gasteiger partial charge is 0.181 e. The molecule has 0 aliphatic carbocycles. The Kier molecular flexibility index (Phi) is 15.2. The first-order valence-corrected chi connectivity index (χ1v) is 10.6. The minimum atomic E-state index is -0.0269. The van der Waals surface area contributed by atoms with Gasteiger partial charge in [-0.1, -0.05) is 107 Å². The van der Waals surface area contributed by atoms with E-state index in [4.69, 9.17) is 23.4 Å². The van der Waals surface area contributed by atoms with Gasteiger partial charge in [-0.25, -0.2) is 4.00 Å². The Morgan fingerprint density at radius 3 is 1.84 bits per heavy atom. The Bertz CT molecular complexity index is 409. The Hall–Kier alpha value is 0.0500. The molecule has 25 heavy (non-hydrogen) atoms. The van der Waals surface area contributed by atoms with Crippen LogP contribution < -0.4 is 12.4 Å². The number of hydrogen-bond acceptors (Lipinski definition) is 0. The molecule has 2 atom stereocenters. The van der Waals surface area contributed by atoms with Crippen molar-refractivity contribution in [2.45, 2.75) is 89.6 Å². The largest absolute Gasteiger partial charge is 1.00 e. The fourth-order valence-electron chi connectivity index (χ4n) is 3.11. The summed E-state index contributed by atoms with van der Waals surface area (Å²) in [5, 5.41) is 0. The van der Waals surface area contributed by atoms with Crippen LogP contribution in [0.5, 0.6) is 0 Å². The van der Waals surface area contributed by atoms with Crippen molar-refractivity contribution in [2.24, 2.45) is 0 Å². The van der Waals surface area contributed by atoms with Crippen molar-refractivity contribution < 1.29 is 16.4 Å². The van der Waals surface area contributed by atoms with Crippen LogP contribution in [-0.4, -0.2) is 16.6 Å². The SMILES string of the molecule is CCCCCCCCCCCCC(Cl)[N+](C)(Cl)Cc1ccccc1.[Cl-]. The fraction of sp³-hybridized carbons (Fsp3) is 0.714. The Balaban J connectivity index is 0.00000576. The van der Waals surface area contributed by atoms with E-state index in [0.29, 0.717) is 4.00 Å². The lowest BCUT2D eigenvalue weighted by Gasteiger charge is -2.29. The minimum absolute atomic E-state index is 0. The summed E-state index contributed by atoms with van der Waals surface area (Å²) in [6, 6.07) is 10.4. The zero-order chi connectivity index (χ0) is 17.7. The van der Waals surface area contributed by atoms with Crippen LogP contribution in [-0.2, 0) is 6.54 Å². The van der Waals surface area contributed by atoms with Gasteiger partial charge in [0.25, 0.3) is 0 Å². The standard InChI is InChI=1S/C21H36Cl2N.ClH/c1-3-4-5-6-7-8-9-10-11-15-18-21(22)24(2,23)19-20-16-13-12-14-17-20;/h12-14,16-17,21H,3-11,15,18-19H2,1-2H3;1H/q+1;/p-1. The molecule has 0 aliphatic heterocycles. The lowest BCUT2D eigenvalue weighted by molar-refractivity contribution is -0.821. The van der Waals surface area contributed by atoms with Gasteiger partial charge in [-0.3, -0.25) is 0 Å². The monoisotopic (exact) mass is 407 g/mol. The van der Waals surface area contributed by atoms with E-state index >= 15 is 0 Å². The molecule has 0 aliphatic rings. The second-order valence-electron chi connectivity index (χ2n) is 7.19. The molecule has 0 bridgehead atoms. The van der Waals surface area contributed by atoms with Crippen molar-refractivity contribution in [1.29, 1.82) is 0 Å². The predicted molar refractivity (Wildman–Crippen MR) is 108 cm³/mol. The number of halogens is 3. The molecule has 1 aromatic carbocycles. The molecule has 0 heterocycles. The molecule has 2 unspecified atom stereocenters. The maximum absolute atomic E-state index is 6.65. The maximum atomic E-state index is 6.65. The normalized spacial score (nSPS) is 14.6. The van der Waals surface area contributed by atoms with Crippen LogP contribution in [0.3, 0.4) is 0 Å². The lowest BCUT2D eigenvalue weighted by atomic mass is 10.1. The maximum Gasteiger partial charge on any atom is 0.181 e. The zero-order valence-electron chi connectivity index (χ0n) is 16.0. The third-order valence-electron chi connectivity index (χ3n) is 4.71. The quantitative estimate of drug-likeness (QED) is 0.182. The van der Waals surface area contributed by atoms with Crippen molar-refractivity contribution >= 4 is 23.4 Å². The Labute approximate surface area is 172 Å². The summed E-state index contributed by atoms with van der Waals surface area (Å²) in [6.07, 6.45) is 14.5. The third-order valence-corrected chi connectivity index (χ3v) is 5.82. The Morgan fingerprint density at radius 2 is 1.32 bits per heavy atom. The number of rotatable bonds is 14. The van der Waals surface area contributed by atoms with Crippen molar-refractivity contribution in [2.75, 3.05) is 7.05 Å². The van der Waals surface area contributed by atoms with Crippen LogP contribution in [0, 0.1) is 0 Å². The summed E-state index contributed by atoms with van der Waals surface area (Å²) in [5.74, 6) is 0. The lowest BCUT2D eigenvalue weighted by Crippen LogP contribution is -3.00. The molecule has 0 N–H and O–H groups in total. The summed E-state index contributed by atoms with van der Waals surface area (Å²) in [5.41, 5.74) is 1.21. The predicted octanol–water partition coefficient (Wildman–Crippen LogP) is 4.67. The van der Waals surface area contributed by atoms with Gasteiger partial charge in [0.15, 0.2) is 17.3 Å². The van der Waals surface area contributed by atoms with E-state index in [9.17, 15) is 0 Å². The molecule has 0 radical (unpaired) electrons. The first-order valence-electron chi connectivity index (χ1n) is 9.79.